The van der Waals surface area contributed by atoms with Crippen LogP contribution in [0.3, 0.4) is 0 Å². The van der Waals surface area contributed by atoms with E-state index in [0.717, 1.165) is 30.9 Å². The fourth-order valence-electron chi connectivity index (χ4n) is 2.50. The van der Waals surface area contributed by atoms with Crippen LogP contribution in [0, 0.1) is 11.3 Å². The lowest BCUT2D eigenvalue weighted by atomic mass is 9.98. The third-order valence-electron chi connectivity index (χ3n) is 3.53. The van der Waals surface area contributed by atoms with E-state index in [-0.39, 0.29) is 0 Å². The largest absolute Gasteiger partial charge is 0.398 e. The first-order chi connectivity index (χ1) is 9.28. The normalized spacial score (nSPS) is 13.7. The van der Waals surface area contributed by atoms with Crippen molar-refractivity contribution in [2.75, 3.05) is 17.2 Å². The van der Waals surface area contributed by atoms with Gasteiger partial charge < -0.3 is 10.6 Å². The van der Waals surface area contributed by atoms with Crippen LogP contribution in [0.2, 0.25) is 0 Å². The lowest BCUT2D eigenvalue weighted by Crippen LogP contribution is -2.31. The highest BCUT2D eigenvalue weighted by Crippen LogP contribution is 2.27. The molecule has 1 aromatic heterocycles. The molecular weight excluding hydrogens is 236 g/mol. The zero-order valence-electron chi connectivity index (χ0n) is 10.5. The molecule has 0 aliphatic carbocycles. The number of hydrogen-bond donors (Lipinski definition) is 1. The zero-order chi connectivity index (χ0) is 13.2. The van der Waals surface area contributed by atoms with Crippen LogP contribution in [-0.4, -0.2) is 11.5 Å². The number of nitrogens with zero attached hydrogens (tertiary/aromatic N) is 3. The second kappa shape index (κ2) is 4.62. The van der Waals surface area contributed by atoms with Gasteiger partial charge in [0.25, 0.3) is 0 Å². The van der Waals surface area contributed by atoms with Crippen LogP contribution in [0.1, 0.15) is 16.8 Å². The predicted octanol–water partition coefficient (Wildman–Crippen LogP) is 2.10. The number of nitrogen functional groups attached to an aromatic ring is 1. The maximum Gasteiger partial charge on any atom is 0.142 e. The van der Waals surface area contributed by atoms with E-state index >= 15 is 0 Å². The predicted molar refractivity (Wildman–Crippen MR) is 74.6 cm³/mol. The van der Waals surface area contributed by atoms with Crippen LogP contribution in [0.25, 0.3) is 0 Å². The maximum absolute atomic E-state index is 8.91. The molecule has 4 heteroatoms. The summed E-state index contributed by atoms with van der Waals surface area (Å²) in [6, 6.07) is 11.9. The number of pyridine rings is 1. The molecule has 19 heavy (non-hydrogen) atoms. The van der Waals surface area contributed by atoms with Gasteiger partial charge in [0, 0.05) is 30.7 Å². The molecule has 0 radical (unpaired) electrons. The highest BCUT2D eigenvalue weighted by molar-refractivity contribution is 5.57. The van der Waals surface area contributed by atoms with Crippen LogP contribution in [0.5, 0.6) is 0 Å². The topological polar surface area (TPSA) is 65.9 Å². The fourth-order valence-corrected chi connectivity index (χ4v) is 2.50. The van der Waals surface area contributed by atoms with E-state index in [4.69, 9.17) is 11.0 Å². The second-order valence-corrected chi connectivity index (χ2v) is 4.67. The summed E-state index contributed by atoms with van der Waals surface area (Å²) in [5.41, 5.74) is 10.9. The Bertz CT molecular complexity index is 657. The molecule has 0 fully saturated rings. The molecule has 1 aromatic carbocycles. The van der Waals surface area contributed by atoms with Gasteiger partial charge in [-0.15, -0.1) is 0 Å². The van der Waals surface area contributed by atoms with Gasteiger partial charge in [0.05, 0.1) is 0 Å². The molecule has 0 bridgehead atoms. The summed E-state index contributed by atoms with van der Waals surface area (Å²) in [5, 5.41) is 8.91. The van der Waals surface area contributed by atoms with Crippen molar-refractivity contribution >= 4 is 11.4 Å². The first kappa shape index (κ1) is 11.5. The van der Waals surface area contributed by atoms with Crippen molar-refractivity contribution in [3.05, 3.63) is 53.3 Å². The Kier molecular flexibility index (Phi) is 2.81. The zero-order valence-corrected chi connectivity index (χ0v) is 10.5. The number of aromatic nitrogens is 1. The van der Waals surface area contributed by atoms with Crippen molar-refractivity contribution < 1.29 is 0 Å². The number of hydrogen-bond acceptors (Lipinski definition) is 4. The highest BCUT2D eigenvalue weighted by Gasteiger charge is 2.18. The Morgan fingerprint density at radius 3 is 3.05 bits per heavy atom. The second-order valence-electron chi connectivity index (χ2n) is 4.67. The van der Waals surface area contributed by atoms with Gasteiger partial charge in [-0.1, -0.05) is 12.1 Å². The van der Waals surface area contributed by atoms with E-state index in [1.807, 2.05) is 24.3 Å². The number of fused-ring (bicyclic) bond motifs is 1. The smallest absolute Gasteiger partial charge is 0.142 e. The van der Waals surface area contributed by atoms with Gasteiger partial charge in [0.15, 0.2) is 0 Å². The molecule has 2 N–H and O–H groups in total. The third-order valence-corrected chi connectivity index (χ3v) is 3.53. The summed E-state index contributed by atoms with van der Waals surface area (Å²) in [5.74, 6) is 0. The minimum atomic E-state index is 0.448. The summed E-state index contributed by atoms with van der Waals surface area (Å²) in [7, 11) is 0. The standard InChI is InChI=1S/C15H14N4/c16-9-12-8-13(4-6-18-12)19-7-5-11-2-1-3-15(17)14(11)10-19/h1-4,6,8H,5,7,10,17H2. The molecule has 0 atom stereocenters. The van der Waals surface area contributed by atoms with Gasteiger partial charge in [0.1, 0.15) is 11.8 Å². The van der Waals surface area contributed by atoms with Crippen molar-refractivity contribution in [1.82, 2.24) is 4.98 Å². The number of anilines is 2. The van der Waals surface area contributed by atoms with Gasteiger partial charge in [-0.05, 0) is 35.7 Å². The average Bonchev–Trinajstić information content (AvgIpc) is 2.47. The Labute approximate surface area is 112 Å². The van der Waals surface area contributed by atoms with Crippen molar-refractivity contribution in [3.63, 3.8) is 0 Å². The number of rotatable bonds is 1. The van der Waals surface area contributed by atoms with Gasteiger partial charge >= 0.3 is 0 Å². The minimum absolute atomic E-state index is 0.448. The molecule has 94 valence electrons. The Morgan fingerprint density at radius 2 is 2.21 bits per heavy atom. The Hall–Kier alpha value is -2.54. The third kappa shape index (κ3) is 2.11. The number of nitrogens with two attached hydrogens (primary N) is 1. The summed E-state index contributed by atoms with van der Waals surface area (Å²) in [4.78, 5) is 6.24. The highest BCUT2D eigenvalue weighted by atomic mass is 15.1. The molecule has 3 rings (SSSR count). The van der Waals surface area contributed by atoms with Crippen molar-refractivity contribution in [1.29, 1.82) is 5.26 Å². The molecule has 2 heterocycles. The van der Waals surface area contributed by atoms with E-state index in [1.54, 1.807) is 6.20 Å². The summed E-state index contributed by atoms with van der Waals surface area (Å²) < 4.78 is 0. The number of benzene rings is 1. The van der Waals surface area contributed by atoms with Crippen molar-refractivity contribution in [2.45, 2.75) is 13.0 Å². The Balaban J connectivity index is 1.93. The maximum atomic E-state index is 8.91. The molecule has 4 nitrogen and oxygen atoms in total. The van der Waals surface area contributed by atoms with Crippen molar-refractivity contribution in [2.24, 2.45) is 0 Å². The molecule has 1 aliphatic heterocycles. The van der Waals surface area contributed by atoms with E-state index in [2.05, 4.69) is 22.0 Å². The van der Waals surface area contributed by atoms with E-state index in [1.165, 1.54) is 11.1 Å². The van der Waals surface area contributed by atoms with Crippen LogP contribution in [-0.2, 0) is 13.0 Å². The summed E-state index contributed by atoms with van der Waals surface area (Å²) >= 11 is 0. The van der Waals surface area contributed by atoms with Gasteiger partial charge in [-0.25, -0.2) is 4.98 Å². The van der Waals surface area contributed by atoms with Crippen LogP contribution in [0.4, 0.5) is 11.4 Å². The molecular formula is C15H14N4. The quantitative estimate of drug-likeness (QED) is 0.787. The minimum Gasteiger partial charge on any atom is -0.398 e. The SMILES string of the molecule is N#Cc1cc(N2CCc3cccc(N)c3C2)ccn1. The van der Waals surface area contributed by atoms with Crippen LogP contribution >= 0.6 is 0 Å². The molecule has 0 saturated heterocycles. The van der Waals surface area contributed by atoms with Gasteiger partial charge in [-0.3, -0.25) is 0 Å². The van der Waals surface area contributed by atoms with Crippen molar-refractivity contribution in [3.8, 4) is 6.07 Å². The van der Waals surface area contributed by atoms with Gasteiger partial charge in [0.2, 0.25) is 0 Å². The molecule has 0 saturated carbocycles. The van der Waals surface area contributed by atoms with Crippen LogP contribution in [0.15, 0.2) is 36.5 Å². The lowest BCUT2D eigenvalue weighted by molar-refractivity contribution is 0.733. The molecule has 1 aliphatic rings. The summed E-state index contributed by atoms with van der Waals surface area (Å²) in [6.45, 7) is 1.72. The lowest BCUT2D eigenvalue weighted by Gasteiger charge is -2.31. The van der Waals surface area contributed by atoms with Gasteiger partial charge in [-0.2, -0.15) is 5.26 Å². The van der Waals surface area contributed by atoms with E-state index in [9.17, 15) is 0 Å². The van der Waals surface area contributed by atoms with Crippen LogP contribution < -0.4 is 10.6 Å². The molecule has 0 spiro atoms. The van der Waals surface area contributed by atoms with E-state index in [0.29, 0.717) is 5.69 Å². The fraction of sp³-hybridized carbons (Fsp3) is 0.200. The number of nitriles is 1. The average molecular weight is 250 g/mol. The van der Waals surface area contributed by atoms with E-state index < -0.39 is 0 Å². The molecule has 0 amide bonds. The molecule has 0 unspecified atom stereocenters. The monoisotopic (exact) mass is 250 g/mol. The Morgan fingerprint density at radius 1 is 1.32 bits per heavy atom. The summed E-state index contributed by atoms with van der Waals surface area (Å²) in [6.07, 6.45) is 2.66. The first-order valence-electron chi connectivity index (χ1n) is 6.25. The molecule has 2 aromatic rings. The first-order valence-corrected chi connectivity index (χ1v) is 6.25.